The Morgan fingerprint density at radius 3 is 2.11 bits per heavy atom. The number of nitrogens with zero attached hydrogens (tertiary/aromatic N) is 2. The quantitative estimate of drug-likeness (QED) is 0.787. The highest BCUT2D eigenvalue weighted by Crippen LogP contribution is 2.39. The first-order chi connectivity index (χ1) is 8.62. The van der Waals surface area contributed by atoms with Crippen LogP contribution in [0.15, 0.2) is 0 Å². The summed E-state index contributed by atoms with van der Waals surface area (Å²) in [6.45, 7) is 12.5. The Bertz CT molecular complexity index is 308. The minimum atomic E-state index is -0.410. The monoisotopic (exact) mass is 269 g/mol. The molecule has 19 heavy (non-hydrogen) atoms. The molecular formula is C15H29N2O2-. The van der Waals surface area contributed by atoms with Crippen molar-refractivity contribution in [1.29, 1.82) is 0 Å². The van der Waals surface area contributed by atoms with Crippen LogP contribution in [0, 0.1) is 5.21 Å². The molecule has 0 N–H and O–H groups in total. The lowest BCUT2D eigenvalue weighted by atomic mass is 9.78. The molecule has 0 bridgehead atoms. The summed E-state index contributed by atoms with van der Waals surface area (Å²) in [4.78, 5) is 13.9. The average Bonchev–Trinajstić information content (AvgIpc) is 2.25. The second-order valence-corrected chi connectivity index (χ2v) is 7.05. The van der Waals surface area contributed by atoms with Gasteiger partial charge in [0.25, 0.3) is 0 Å². The Labute approximate surface area is 117 Å². The van der Waals surface area contributed by atoms with Crippen LogP contribution in [-0.4, -0.2) is 39.5 Å². The van der Waals surface area contributed by atoms with Crippen molar-refractivity contribution >= 4 is 5.91 Å². The lowest BCUT2D eigenvalue weighted by Crippen LogP contribution is -2.62. The molecule has 0 aromatic heterocycles. The summed E-state index contributed by atoms with van der Waals surface area (Å²) < 4.78 is 0. The Balaban J connectivity index is 2.90. The van der Waals surface area contributed by atoms with Crippen LogP contribution in [0.3, 0.4) is 0 Å². The van der Waals surface area contributed by atoms with Crippen LogP contribution in [-0.2, 0) is 4.79 Å². The van der Waals surface area contributed by atoms with Crippen LogP contribution in [0.2, 0.25) is 0 Å². The van der Waals surface area contributed by atoms with Gasteiger partial charge in [0.05, 0.1) is 0 Å². The number of hydroxylamine groups is 2. The Morgan fingerprint density at radius 1 is 1.26 bits per heavy atom. The largest absolute Gasteiger partial charge is 0.784 e. The summed E-state index contributed by atoms with van der Waals surface area (Å²) in [7, 11) is 0. The third kappa shape index (κ3) is 3.69. The number of amides is 1. The molecule has 1 heterocycles. The minimum absolute atomic E-state index is 0.129. The van der Waals surface area contributed by atoms with Crippen molar-refractivity contribution in [1.82, 2.24) is 9.96 Å². The number of hydrogen-bond donors (Lipinski definition) is 0. The number of rotatable bonds is 4. The molecule has 1 aliphatic heterocycles. The summed E-state index contributed by atoms with van der Waals surface area (Å²) >= 11 is 0. The summed E-state index contributed by atoms with van der Waals surface area (Å²) in [6.07, 6.45) is 3.61. The van der Waals surface area contributed by atoms with E-state index < -0.39 is 11.1 Å². The van der Waals surface area contributed by atoms with Crippen LogP contribution in [0.4, 0.5) is 0 Å². The highest BCUT2D eigenvalue weighted by atomic mass is 16.5. The molecule has 0 aromatic rings. The van der Waals surface area contributed by atoms with E-state index in [9.17, 15) is 10.0 Å². The normalized spacial score (nSPS) is 23.3. The van der Waals surface area contributed by atoms with Gasteiger partial charge in [0, 0.05) is 30.6 Å². The van der Waals surface area contributed by atoms with E-state index >= 15 is 0 Å². The molecule has 0 atom stereocenters. The van der Waals surface area contributed by atoms with Gasteiger partial charge in [-0.1, -0.05) is 13.3 Å². The van der Waals surface area contributed by atoms with Crippen LogP contribution in [0.1, 0.15) is 67.2 Å². The van der Waals surface area contributed by atoms with E-state index in [1.165, 1.54) is 5.06 Å². The third-order valence-corrected chi connectivity index (χ3v) is 4.17. The molecule has 0 aliphatic carbocycles. The van der Waals surface area contributed by atoms with Gasteiger partial charge >= 0.3 is 0 Å². The molecule has 4 nitrogen and oxygen atoms in total. The number of carbonyl (C=O) groups excluding carboxylic acids is 1. The third-order valence-electron chi connectivity index (χ3n) is 4.17. The predicted molar refractivity (Wildman–Crippen MR) is 78.7 cm³/mol. The summed E-state index contributed by atoms with van der Waals surface area (Å²) in [5.41, 5.74) is -0.821. The van der Waals surface area contributed by atoms with E-state index in [1.54, 1.807) is 6.92 Å². The van der Waals surface area contributed by atoms with Crippen molar-refractivity contribution in [2.45, 2.75) is 84.3 Å². The van der Waals surface area contributed by atoms with Crippen LogP contribution < -0.4 is 0 Å². The molecule has 1 rings (SSSR count). The van der Waals surface area contributed by atoms with E-state index in [1.807, 2.05) is 32.6 Å². The van der Waals surface area contributed by atoms with Gasteiger partial charge in [-0.2, -0.15) is 0 Å². The molecule has 1 fully saturated rings. The Hall–Kier alpha value is -0.610. The molecule has 4 heteroatoms. The van der Waals surface area contributed by atoms with Crippen molar-refractivity contribution in [3.63, 3.8) is 0 Å². The van der Waals surface area contributed by atoms with Gasteiger partial charge in [0.2, 0.25) is 5.91 Å². The lowest BCUT2D eigenvalue weighted by molar-refractivity contribution is -0.135. The van der Waals surface area contributed by atoms with E-state index in [4.69, 9.17) is 0 Å². The second kappa shape index (κ2) is 5.80. The second-order valence-electron chi connectivity index (χ2n) is 7.05. The molecule has 0 saturated carbocycles. The lowest BCUT2D eigenvalue weighted by Gasteiger charge is -2.61. The van der Waals surface area contributed by atoms with Crippen molar-refractivity contribution in [3.8, 4) is 0 Å². The van der Waals surface area contributed by atoms with Gasteiger partial charge in [-0.25, -0.2) is 0 Å². The van der Waals surface area contributed by atoms with Gasteiger partial charge in [0.1, 0.15) is 0 Å². The molecule has 1 aliphatic rings. The van der Waals surface area contributed by atoms with Gasteiger partial charge in [0.15, 0.2) is 0 Å². The first-order valence-electron chi connectivity index (χ1n) is 7.36. The van der Waals surface area contributed by atoms with E-state index in [0.29, 0.717) is 0 Å². The molecule has 1 saturated heterocycles. The highest BCUT2D eigenvalue weighted by Gasteiger charge is 2.42. The van der Waals surface area contributed by atoms with E-state index in [-0.39, 0.29) is 11.9 Å². The number of unbranched alkanes of at least 4 members (excludes halogenated alkanes) is 1. The fourth-order valence-electron chi connectivity index (χ4n) is 3.36. The first kappa shape index (κ1) is 16.4. The van der Waals surface area contributed by atoms with Gasteiger partial charge < -0.3 is 15.2 Å². The molecule has 1 amide bonds. The maximum Gasteiger partial charge on any atom is 0.219 e. The topological polar surface area (TPSA) is 46.6 Å². The molecule has 0 unspecified atom stereocenters. The van der Waals surface area contributed by atoms with Gasteiger partial charge in [-0.05, 0) is 47.0 Å². The van der Waals surface area contributed by atoms with E-state index in [0.717, 1.165) is 32.2 Å². The Morgan fingerprint density at radius 2 is 1.74 bits per heavy atom. The predicted octanol–water partition coefficient (Wildman–Crippen LogP) is 3.15. The van der Waals surface area contributed by atoms with Crippen LogP contribution in [0.5, 0.6) is 0 Å². The SMILES string of the molecule is CCCCN(C(C)=O)C1CC(C)(C)N([O-])C(C)(C)C1. The number of carbonyl (C=O) groups is 1. The maximum atomic E-state index is 12.3. The molecule has 0 radical (unpaired) electrons. The maximum absolute atomic E-state index is 12.3. The number of piperidine rings is 1. The summed E-state index contributed by atoms with van der Waals surface area (Å²) in [5.74, 6) is 0.129. The van der Waals surface area contributed by atoms with Crippen molar-refractivity contribution in [2.75, 3.05) is 6.54 Å². The van der Waals surface area contributed by atoms with Crippen LogP contribution in [0.25, 0.3) is 0 Å². The first-order valence-corrected chi connectivity index (χ1v) is 7.36. The molecular weight excluding hydrogens is 240 g/mol. The minimum Gasteiger partial charge on any atom is -0.784 e. The zero-order valence-corrected chi connectivity index (χ0v) is 13.3. The van der Waals surface area contributed by atoms with Crippen molar-refractivity contribution in [2.24, 2.45) is 0 Å². The highest BCUT2D eigenvalue weighted by molar-refractivity contribution is 5.73. The zero-order chi connectivity index (χ0) is 14.8. The molecule has 112 valence electrons. The molecule has 0 spiro atoms. The fraction of sp³-hybridized carbons (Fsp3) is 0.933. The van der Waals surface area contributed by atoms with Gasteiger partial charge in [-0.3, -0.25) is 4.79 Å². The van der Waals surface area contributed by atoms with Gasteiger partial charge in [-0.15, -0.1) is 0 Å². The van der Waals surface area contributed by atoms with Crippen LogP contribution >= 0.6 is 0 Å². The summed E-state index contributed by atoms with van der Waals surface area (Å²) in [6, 6.07) is 0.180. The molecule has 0 aromatic carbocycles. The number of hydrogen-bond acceptors (Lipinski definition) is 3. The van der Waals surface area contributed by atoms with E-state index in [2.05, 4.69) is 6.92 Å². The standard InChI is InChI=1S/C15H29N2O2/c1-7-8-9-16(12(2)18)13-10-14(3,4)17(19)15(5,6)11-13/h13H,7-11H2,1-6H3/q-1. The average molecular weight is 269 g/mol. The summed E-state index contributed by atoms with van der Waals surface area (Å²) in [5, 5.41) is 13.6. The fourth-order valence-corrected chi connectivity index (χ4v) is 3.36. The zero-order valence-electron chi connectivity index (χ0n) is 13.3. The Kier molecular flexibility index (Phi) is 5.02. The van der Waals surface area contributed by atoms with Crippen molar-refractivity contribution < 1.29 is 4.79 Å². The van der Waals surface area contributed by atoms with Crippen molar-refractivity contribution in [3.05, 3.63) is 5.21 Å². The smallest absolute Gasteiger partial charge is 0.219 e.